The molecule has 1 aromatic carbocycles. The van der Waals surface area contributed by atoms with Crippen LogP contribution in [0.2, 0.25) is 0 Å². The van der Waals surface area contributed by atoms with Crippen LogP contribution in [-0.2, 0) is 0 Å². The molecule has 1 heterocycles. The van der Waals surface area contributed by atoms with E-state index >= 15 is 0 Å². The van der Waals surface area contributed by atoms with Crippen LogP contribution in [0.5, 0.6) is 5.75 Å². The fourth-order valence-corrected chi connectivity index (χ4v) is 1.95. The zero-order chi connectivity index (χ0) is 20.4. The van der Waals surface area contributed by atoms with Crippen LogP contribution in [0.1, 0.15) is 38.6 Å². The van der Waals surface area contributed by atoms with E-state index in [4.69, 9.17) is 4.11 Å². The SMILES string of the molecule is [2H]C([2H])([2H])C(NC(=O)c1cccnc1C)c1cc(OC(F)(F)F)ccc1F. The van der Waals surface area contributed by atoms with Crippen LogP contribution < -0.4 is 10.1 Å². The molecule has 24 heavy (non-hydrogen) atoms. The second-order valence-corrected chi connectivity index (χ2v) is 4.77. The summed E-state index contributed by atoms with van der Waals surface area (Å²) in [6, 6.07) is 2.86. The van der Waals surface area contributed by atoms with Gasteiger partial charge >= 0.3 is 6.36 Å². The Morgan fingerprint density at radius 3 is 2.75 bits per heavy atom. The van der Waals surface area contributed by atoms with E-state index in [0.29, 0.717) is 23.9 Å². The number of benzene rings is 1. The molecule has 1 amide bonds. The number of carbonyl (C=O) groups is 1. The minimum absolute atomic E-state index is 0.0508. The molecule has 2 aromatic rings. The third kappa shape index (κ3) is 4.43. The number of aryl methyl sites for hydroxylation is 1. The number of hydrogen-bond acceptors (Lipinski definition) is 3. The predicted molar refractivity (Wildman–Crippen MR) is 77.9 cm³/mol. The molecule has 0 saturated heterocycles. The van der Waals surface area contributed by atoms with Gasteiger partial charge in [0.1, 0.15) is 11.6 Å². The van der Waals surface area contributed by atoms with Gasteiger partial charge in [0.2, 0.25) is 0 Å². The lowest BCUT2D eigenvalue weighted by Crippen LogP contribution is -2.28. The predicted octanol–water partition coefficient (Wildman–Crippen LogP) is 3.92. The topological polar surface area (TPSA) is 51.2 Å². The molecule has 2 rings (SSSR count). The van der Waals surface area contributed by atoms with Crippen molar-refractivity contribution in [3.8, 4) is 5.75 Å². The lowest BCUT2D eigenvalue weighted by atomic mass is 10.1. The molecule has 8 heteroatoms. The van der Waals surface area contributed by atoms with Crippen molar-refractivity contribution < 1.29 is 31.2 Å². The van der Waals surface area contributed by atoms with E-state index in [2.05, 4.69) is 15.0 Å². The highest BCUT2D eigenvalue weighted by Crippen LogP contribution is 2.27. The largest absolute Gasteiger partial charge is 0.573 e. The van der Waals surface area contributed by atoms with Gasteiger partial charge in [-0.2, -0.15) is 0 Å². The van der Waals surface area contributed by atoms with E-state index in [1.54, 1.807) is 0 Å². The second kappa shape index (κ2) is 6.86. The van der Waals surface area contributed by atoms with Crippen molar-refractivity contribution >= 4 is 5.91 Å². The van der Waals surface area contributed by atoms with E-state index in [1.165, 1.54) is 25.3 Å². The van der Waals surface area contributed by atoms with Gasteiger partial charge in [-0.25, -0.2) is 4.39 Å². The van der Waals surface area contributed by atoms with Crippen LogP contribution in [0.25, 0.3) is 0 Å². The van der Waals surface area contributed by atoms with Crippen LogP contribution in [0.3, 0.4) is 0 Å². The van der Waals surface area contributed by atoms with E-state index in [-0.39, 0.29) is 5.56 Å². The minimum atomic E-state index is -5.04. The Kier molecular flexibility index (Phi) is 3.93. The molecule has 1 unspecified atom stereocenters. The molecule has 1 atom stereocenters. The highest BCUT2D eigenvalue weighted by atomic mass is 19.4. The summed E-state index contributed by atoms with van der Waals surface area (Å²) in [6.45, 7) is -1.43. The maximum atomic E-state index is 14.2. The highest BCUT2D eigenvalue weighted by molar-refractivity contribution is 5.95. The Morgan fingerprint density at radius 1 is 1.38 bits per heavy atom. The number of pyridine rings is 1. The summed E-state index contributed by atoms with van der Waals surface area (Å²) < 4.78 is 77.7. The first-order chi connectivity index (χ1) is 12.4. The number of amides is 1. The van der Waals surface area contributed by atoms with E-state index < -0.39 is 42.3 Å². The van der Waals surface area contributed by atoms with Crippen molar-refractivity contribution in [2.45, 2.75) is 26.2 Å². The summed E-state index contributed by atoms with van der Waals surface area (Å²) in [6.07, 6.45) is -3.62. The van der Waals surface area contributed by atoms with Crippen LogP contribution >= 0.6 is 0 Å². The first-order valence-corrected chi connectivity index (χ1v) is 6.66. The van der Waals surface area contributed by atoms with Crippen molar-refractivity contribution in [1.82, 2.24) is 10.3 Å². The molecule has 0 saturated carbocycles. The van der Waals surface area contributed by atoms with Gasteiger partial charge in [-0.15, -0.1) is 13.2 Å². The molecular weight excluding hydrogens is 328 g/mol. The van der Waals surface area contributed by atoms with Gasteiger partial charge in [-0.05, 0) is 44.1 Å². The average Bonchev–Trinajstić information content (AvgIpc) is 2.52. The average molecular weight is 345 g/mol. The number of nitrogens with one attached hydrogen (secondary N) is 1. The number of halogens is 4. The summed E-state index contributed by atoms with van der Waals surface area (Å²) >= 11 is 0. The monoisotopic (exact) mass is 345 g/mol. The minimum Gasteiger partial charge on any atom is -0.406 e. The van der Waals surface area contributed by atoms with Crippen LogP contribution in [0, 0.1) is 12.7 Å². The number of ether oxygens (including phenoxy) is 1. The molecule has 0 aliphatic carbocycles. The number of nitrogens with zero attached hydrogens (tertiary/aromatic N) is 1. The summed E-state index contributed by atoms with van der Waals surface area (Å²) in [5, 5.41) is 2.14. The third-order valence-corrected chi connectivity index (χ3v) is 3.04. The Balaban J connectivity index is 2.41. The van der Waals surface area contributed by atoms with E-state index in [1.807, 2.05) is 0 Å². The molecular formula is C16H14F4N2O2. The fourth-order valence-electron chi connectivity index (χ4n) is 1.95. The summed E-state index contributed by atoms with van der Waals surface area (Å²) in [5.74, 6) is -2.77. The standard InChI is InChI=1S/C16H14F4N2O2/c1-9-12(4-3-7-21-9)15(23)22-10(2)13-8-11(5-6-14(13)17)24-16(18,19)20/h3-8,10H,1-2H3,(H,22,23)/i2D3. The normalized spacial score (nSPS) is 15.0. The van der Waals surface area contributed by atoms with Crippen molar-refractivity contribution in [1.29, 1.82) is 0 Å². The number of alkyl halides is 3. The van der Waals surface area contributed by atoms with Crippen molar-refractivity contribution in [2.75, 3.05) is 0 Å². The number of carbonyl (C=O) groups excluding carboxylic acids is 1. The Labute approximate surface area is 139 Å². The maximum Gasteiger partial charge on any atom is 0.573 e. The van der Waals surface area contributed by atoms with Gasteiger partial charge in [0.15, 0.2) is 0 Å². The maximum absolute atomic E-state index is 14.2. The molecule has 0 bridgehead atoms. The zero-order valence-corrected chi connectivity index (χ0v) is 12.3. The van der Waals surface area contributed by atoms with Crippen molar-refractivity contribution in [3.05, 3.63) is 59.2 Å². The highest BCUT2D eigenvalue weighted by Gasteiger charge is 2.31. The van der Waals surface area contributed by atoms with Gasteiger partial charge < -0.3 is 10.1 Å². The molecule has 1 aromatic heterocycles. The van der Waals surface area contributed by atoms with Crippen molar-refractivity contribution in [2.24, 2.45) is 0 Å². The smallest absolute Gasteiger partial charge is 0.406 e. The Morgan fingerprint density at radius 2 is 2.12 bits per heavy atom. The van der Waals surface area contributed by atoms with E-state index in [9.17, 15) is 22.4 Å². The molecule has 0 spiro atoms. The van der Waals surface area contributed by atoms with Gasteiger partial charge in [0, 0.05) is 21.6 Å². The molecule has 0 fully saturated rings. The number of hydrogen-bond donors (Lipinski definition) is 1. The molecule has 0 aliphatic rings. The third-order valence-electron chi connectivity index (χ3n) is 3.04. The number of aromatic nitrogens is 1. The Bertz CT molecular complexity index is 841. The molecule has 0 radical (unpaired) electrons. The molecule has 128 valence electrons. The quantitative estimate of drug-likeness (QED) is 0.855. The second-order valence-electron chi connectivity index (χ2n) is 4.77. The van der Waals surface area contributed by atoms with Crippen LogP contribution in [0.15, 0.2) is 36.5 Å². The van der Waals surface area contributed by atoms with Crippen LogP contribution in [0.4, 0.5) is 17.6 Å². The van der Waals surface area contributed by atoms with Gasteiger partial charge in [0.05, 0.1) is 11.6 Å². The summed E-state index contributed by atoms with van der Waals surface area (Å²) in [5.41, 5.74) is -0.310. The van der Waals surface area contributed by atoms with E-state index in [0.717, 1.165) is 0 Å². The summed E-state index contributed by atoms with van der Waals surface area (Å²) in [4.78, 5) is 16.3. The van der Waals surface area contributed by atoms with Crippen LogP contribution in [-0.4, -0.2) is 17.3 Å². The van der Waals surface area contributed by atoms with Gasteiger partial charge in [-0.1, -0.05) is 0 Å². The summed E-state index contributed by atoms with van der Waals surface area (Å²) in [7, 11) is 0. The van der Waals surface area contributed by atoms with Gasteiger partial charge in [-0.3, -0.25) is 9.78 Å². The number of rotatable bonds is 4. The lowest BCUT2D eigenvalue weighted by molar-refractivity contribution is -0.274. The molecule has 0 aliphatic heterocycles. The molecule has 4 nitrogen and oxygen atoms in total. The van der Waals surface area contributed by atoms with Crippen molar-refractivity contribution in [3.63, 3.8) is 0 Å². The molecule has 1 N–H and O–H groups in total. The zero-order valence-electron chi connectivity index (χ0n) is 15.3. The Hall–Kier alpha value is -2.64. The first kappa shape index (κ1) is 13.8. The first-order valence-electron chi connectivity index (χ1n) is 8.16. The fraction of sp³-hybridized carbons (Fsp3) is 0.250. The van der Waals surface area contributed by atoms with Gasteiger partial charge in [0.25, 0.3) is 5.91 Å². The lowest BCUT2D eigenvalue weighted by Gasteiger charge is -2.17.